The topological polar surface area (TPSA) is 33.7 Å². The second kappa shape index (κ2) is 8.13. The molecule has 2 aliphatic heterocycles. The Labute approximate surface area is 164 Å². The van der Waals surface area contributed by atoms with Gasteiger partial charge in [-0.1, -0.05) is 18.2 Å². The summed E-state index contributed by atoms with van der Waals surface area (Å²) in [7, 11) is 0. The van der Waals surface area contributed by atoms with Gasteiger partial charge in [0.1, 0.15) is 5.82 Å². The van der Waals surface area contributed by atoms with E-state index >= 15 is 0 Å². The summed E-state index contributed by atoms with van der Waals surface area (Å²) in [6.45, 7) is 2.89. The van der Waals surface area contributed by atoms with Crippen LogP contribution in [0.5, 0.6) is 11.5 Å². The fourth-order valence-electron chi connectivity index (χ4n) is 3.62. The van der Waals surface area contributed by atoms with E-state index in [1.807, 2.05) is 6.07 Å². The van der Waals surface area contributed by atoms with E-state index in [9.17, 15) is 4.39 Å². The molecular formula is C21H23FN2O2S. The molecule has 1 saturated heterocycles. The first-order valence-corrected chi connectivity index (χ1v) is 9.80. The van der Waals surface area contributed by atoms with E-state index in [0.717, 1.165) is 48.0 Å². The monoisotopic (exact) mass is 386 g/mol. The van der Waals surface area contributed by atoms with Crippen LogP contribution in [0.1, 0.15) is 36.4 Å². The van der Waals surface area contributed by atoms with E-state index in [1.54, 1.807) is 12.1 Å². The van der Waals surface area contributed by atoms with Crippen LogP contribution in [-0.2, 0) is 6.54 Å². The van der Waals surface area contributed by atoms with Gasteiger partial charge in [-0.05, 0) is 60.5 Å². The molecule has 2 aromatic carbocycles. The van der Waals surface area contributed by atoms with Gasteiger partial charge in [-0.25, -0.2) is 4.39 Å². The van der Waals surface area contributed by atoms with Crippen LogP contribution in [0.2, 0.25) is 0 Å². The van der Waals surface area contributed by atoms with E-state index in [1.165, 1.54) is 17.7 Å². The molecule has 0 aromatic heterocycles. The number of benzene rings is 2. The third-order valence-corrected chi connectivity index (χ3v) is 5.41. The maximum atomic E-state index is 13.0. The molecule has 2 heterocycles. The zero-order chi connectivity index (χ0) is 18.6. The number of fused-ring (bicyclic) bond motifs is 1. The zero-order valence-electron chi connectivity index (χ0n) is 15.1. The largest absolute Gasteiger partial charge is 0.490 e. The first-order valence-electron chi connectivity index (χ1n) is 9.39. The van der Waals surface area contributed by atoms with Crippen molar-refractivity contribution in [2.75, 3.05) is 19.8 Å². The number of nitrogens with one attached hydrogen (secondary N) is 1. The van der Waals surface area contributed by atoms with Crippen molar-refractivity contribution in [3.8, 4) is 11.5 Å². The van der Waals surface area contributed by atoms with Crippen molar-refractivity contribution in [3.05, 3.63) is 59.4 Å². The highest BCUT2D eigenvalue weighted by atomic mass is 32.1. The number of thiocarbonyl (C=S) groups is 1. The molecule has 2 aromatic rings. The summed E-state index contributed by atoms with van der Waals surface area (Å²) in [4.78, 5) is 2.23. The lowest BCUT2D eigenvalue weighted by atomic mass is 10.0. The van der Waals surface area contributed by atoms with Crippen molar-refractivity contribution in [1.82, 2.24) is 10.2 Å². The van der Waals surface area contributed by atoms with Crippen molar-refractivity contribution in [2.24, 2.45) is 0 Å². The van der Waals surface area contributed by atoms with Crippen LogP contribution in [0.3, 0.4) is 0 Å². The van der Waals surface area contributed by atoms with Crippen molar-refractivity contribution in [3.63, 3.8) is 0 Å². The Bertz CT molecular complexity index is 812. The average molecular weight is 386 g/mol. The molecule has 0 unspecified atom stereocenters. The highest BCUT2D eigenvalue weighted by Crippen LogP contribution is 2.37. The first kappa shape index (κ1) is 18.0. The molecule has 1 fully saturated rings. The van der Waals surface area contributed by atoms with Crippen LogP contribution in [0.25, 0.3) is 0 Å². The summed E-state index contributed by atoms with van der Waals surface area (Å²) < 4.78 is 24.6. The lowest BCUT2D eigenvalue weighted by Crippen LogP contribution is -2.38. The third-order valence-electron chi connectivity index (χ3n) is 5.03. The van der Waals surface area contributed by atoms with Gasteiger partial charge < -0.3 is 19.7 Å². The molecule has 27 heavy (non-hydrogen) atoms. The predicted octanol–water partition coefficient (Wildman–Crippen LogP) is 4.20. The van der Waals surface area contributed by atoms with E-state index in [4.69, 9.17) is 21.7 Å². The van der Waals surface area contributed by atoms with Gasteiger partial charge in [-0.3, -0.25) is 0 Å². The number of halogens is 1. The molecule has 0 amide bonds. The van der Waals surface area contributed by atoms with Crippen molar-refractivity contribution < 1.29 is 13.9 Å². The minimum atomic E-state index is -0.227. The summed E-state index contributed by atoms with van der Waals surface area (Å²) in [5.74, 6) is 1.41. The van der Waals surface area contributed by atoms with Crippen LogP contribution >= 0.6 is 12.2 Å². The van der Waals surface area contributed by atoms with E-state index in [-0.39, 0.29) is 11.9 Å². The van der Waals surface area contributed by atoms with E-state index in [2.05, 4.69) is 22.3 Å². The maximum absolute atomic E-state index is 13.0. The minimum Gasteiger partial charge on any atom is -0.490 e. The number of rotatable bonds is 3. The second-order valence-corrected chi connectivity index (χ2v) is 7.28. The fraction of sp³-hybridized carbons (Fsp3) is 0.381. The normalized spacial score (nSPS) is 18.9. The summed E-state index contributed by atoms with van der Waals surface area (Å²) >= 11 is 5.64. The standard InChI is InChI=1S/C21H23FN2O2S/c22-17-7-4-15(5-8-17)14-23-21(27)24-10-1-3-18(24)16-6-9-19-20(13-16)26-12-2-11-25-19/h4-9,13,18H,1-3,10-12,14H2,(H,23,27)/t18-/m0/s1. The molecule has 4 rings (SSSR count). The van der Waals surface area contributed by atoms with Gasteiger partial charge in [0, 0.05) is 19.5 Å². The molecule has 0 aliphatic carbocycles. The second-order valence-electron chi connectivity index (χ2n) is 6.89. The van der Waals surface area contributed by atoms with Crippen LogP contribution < -0.4 is 14.8 Å². The zero-order valence-corrected chi connectivity index (χ0v) is 15.9. The molecule has 142 valence electrons. The molecule has 0 spiro atoms. The van der Waals surface area contributed by atoms with Crippen molar-refractivity contribution in [2.45, 2.75) is 31.8 Å². The van der Waals surface area contributed by atoms with Crippen LogP contribution in [0.15, 0.2) is 42.5 Å². The maximum Gasteiger partial charge on any atom is 0.169 e. The first-order chi connectivity index (χ1) is 13.2. The van der Waals surface area contributed by atoms with Crippen LogP contribution in [-0.4, -0.2) is 29.8 Å². The number of nitrogens with zero attached hydrogens (tertiary/aromatic N) is 1. The Hall–Kier alpha value is -2.34. The summed E-state index contributed by atoms with van der Waals surface area (Å²) in [6.07, 6.45) is 3.05. The molecule has 6 heteroatoms. The van der Waals surface area contributed by atoms with Gasteiger partial charge in [0.15, 0.2) is 16.6 Å². The van der Waals surface area contributed by atoms with Crippen molar-refractivity contribution >= 4 is 17.3 Å². The van der Waals surface area contributed by atoms with Gasteiger partial charge in [-0.2, -0.15) is 0 Å². The Morgan fingerprint density at radius 3 is 2.67 bits per heavy atom. The SMILES string of the molecule is Fc1ccc(CNC(=S)N2CCC[C@H]2c2ccc3c(c2)OCCCO3)cc1. The lowest BCUT2D eigenvalue weighted by Gasteiger charge is -2.28. The lowest BCUT2D eigenvalue weighted by molar-refractivity contribution is 0.296. The summed E-state index contributed by atoms with van der Waals surface area (Å²) in [6, 6.07) is 12.9. The summed E-state index contributed by atoms with van der Waals surface area (Å²) in [5.41, 5.74) is 2.20. The fourth-order valence-corrected chi connectivity index (χ4v) is 3.92. The minimum absolute atomic E-state index is 0.227. The highest BCUT2D eigenvalue weighted by molar-refractivity contribution is 7.80. The highest BCUT2D eigenvalue weighted by Gasteiger charge is 2.28. The smallest absolute Gasteiger partial charge is 0.169 e. The number of hydrogen-bond donors (Lipinski definition) is 1. The number of ether oxygens (including phenoxy) is 2. The van der Waals surface area contributed by atoms with Gasteiger partial charge >= 0.3 is 0 Å². The van der Waals surface area contributed by atoms with Crippen molar-refractivity contribution in [1.29, 1.82) is 0 Å². The number of likely N-dealkylation sites (tertiary alicyclic amines) is 1. The predicted molar refractivity (Wildman–Crippen MR) is 107 cm³/mol. The van der Waals surface area contributed by atoms with E-state index < -0.39 is 0 Å². The molecule has 2 aliphatic rings. The summed E-state index contributed by atoms with van der Waals surface area (Å²) in [5, 5.41) is 4.04. The quantitative estimate of drug-likeness (QED) is 0.800. The molecule has 0 radical (unpaired) electrons. The number of hydrogen-bond acceptors (Lipinski definition) is 3. The molecular weight excluding hydrogens is 363 g/mol. The van der Waals surface area contributed by atoms with E-state index in [0.29, 0.717) is 19.8 Å². The van der Waals surface area contributed by atoms with Gasteiger partial charge in [0.25, 0.3) is 0 Å². The molecule has 0 bridgehead atoms. The Kier molecular flexibility index (Phi) is 5.43. The molecule has 1 N–H and O–H groups in total. The van der Waals surface area contributed by atoms with Gasteiger partial charge in [-0.15, -0.1) is 0 Å². The molecule has 1 atom stereocenters. The Morgan fingerprint density at radius 2 is 1.85 bits per heavy atom. The average Bonchev–Trinajstić information content (AvgIpc) is 3.06. The van der Waals surface area contributed by atoms with Crippen LogP contribution in [0.4, 0.5) is 4.39 Å². The Balaban J connectivity index is 1.44. The molecule has 0 saturated carbocycles. The van der Waals surface area contributed by atoms with Gasteiger partial charge in [0.05, 0.1) is 19.3 Å². The molecule has 4 nitrogen and oxygen atoms in total. The van der Waals surface area contributed by atoms with Gasteiger partial charge in [0.2, 0.25) is 0 Å². The third kappa shape index (κ3) is 4.16. The van der Waals surface area contributed by atoms with Crippen LogP contribution in [0, 0.1) is 5.82 Å². The Morgan fingerprint density at radius 1 is 1.07 bits per heavy atom.